The van der Waals surface area contributed by atoms with Crippen molar-refractivity contribution in [2.45, 2.75) is 25.8 Å². The minimum atomic E-state index is -0.118. The number of fused-ring (bicyclic) bond motifs is 2. The second-order valence-electron chi connectivity index (χ2n) is 8.03. The molecule has 2 heterocycles. The van der Waals surface area contributed by atoms with Gasteiger partial charge in [-0.3, -0.25) is 4.79 Å². The number of aromatic nitrogens is 1. The van der Waals surface area contributed by atoms with Gasteiger partial charge in [-0.05, 0) is 36.2 Å². The largest absolute Gasteiger partial charge is 0.497 e. The molecule has 0 saturated heterocycles. The molecule has 5 rings (SSSR count). The van der Waals surface area contributed by atoms with Crippen LogP contribution in [0.2, 0.25) is 0 Å². The van der Waals surface area contributed by atoms with Gasteiger partial charge in [0.05, 0.1) is 18.8 Å². The van der Waals surface area contributed by atoms with Crippen LogP contribution < -0.4 is 4.74 Å². The Labute approximate surface area is 182 Å². The Hall–Kier alpha value is -3.53. The first-order valence-corrected chi connectivity index (χ1v) is 10.9. The molecule has 1 aromatic heterocycles. The van der Waals surface area contributed by atoms with E-state index in [9.17, 15) is 4.79 Å². The SMILES string of the molecule is CCCCN1C(=O)c2ccccc2[C@@H]1c1c(-c2cccc(OC)c2)[nH]c2ccccc12. The molecule has 3 aromatic carbocycles. The number of nitrogens with one attached hydrogen (secondary N) is 1. The van der Waals surface area contributed by atoms with E-state index >= 15 is 0 Å². The van der Waals surface area contributed by atoms with Crippen LogP contribution in [0.15, 0.2) is 72.8 Å². The fourth-order valence-electron chi connectivity index (χ4n) is 4.69. The van der Waals surface area contributed by atoms with Crippen molar-refractivity contribution < 1.29 is 9.53 Å². The Morgan fingerprint density at radius 3 is 2.65 bits per heavy atom. The number of rotatable bonds is 6. The number of unbranched alkanes of at least 4 members (excludes halogenated alkanes) is 1. The number of nitrogens with zero attached hydrogens (tertiary/aromatic N) is 1. The molecular formula is C27H26N2O2. The molecule has 1 atom stereocenters. The molecule has 1 amide bonds. The zero-order chi connectivity index (χ0) is 21.4. The third kappa shape index (κ3) is 3.19. The summed E-state index contributed by atoms with van der Waals surface area (Å²) in [6.07, 6.45) is 2.02. The van der Waals surface area contributed by atoms with Gasteiger partial charge in [0.1, 0.15) is 5.75 Å². The summed E-state index contributed by atoms with van der Waals surface area (Å²) in [4.78, 5) is 19.1. The summed E-state index contributed by atoms with van der Waals surface area (Å²) in [6, 6.07) is 24.4. The zero-order valence-electron chi connectivity index (χ0n) is 17.9. The zero-order valence-corrected chi connectivity index (χ0v) is 17.9. The van der Waals surface area contributed by atoms with Gasteiger partial charge in [-0.1, -0.05) is 61.9 Å². The molecule has 1 aliphatic rings. The fraction of sp³-hybridized carbons (Fsp3) is 0.222. The highest BCUT2D eigenvalue weighted by molar-refractivity contribution is 6.02. The van der Waals surface area contributed by atoms with Crippen LogP contribution in [0.1, 0.15) is 47.3 Å². The topological polar surface area (TPSA) is 45.3 Å². The predicted octanol–water partition coefficient (Wildman–Crippen LogP) is 6.19. The predicted molar refractivity (Wildman–Crippen MR) is 125 cm³/mol. The van der Waals surface area contributed by atoms with Crippen molar-refractivity contribution >= 4 is 16.8 Å². The van der Waals surface area contributed by atoms with E-state index in [2.05, 4.69) is 42.2 Å². The minimum Gasteiger partial charge on any atom is -0.497 e. The number of carbonyl (C=O) groups is 1. The van der Waals surface area contributed by atoms with Gasteiger partial charge >= 0.3 is 0 Å². The lowest BCUT2D eigenvalue weighted by molar-refractivity contribution is 0.0748. The van der Waals surface area contributed by atoms with Gasteiger partial charge in [-0.2, -0.15) is 0 Å². The molecule has 156 valence electrons. The molecular weight excluding hydrogens is 384 g/mol. The van der Waals surface area contributed by atoms with E-state index in [1.165, 1.54) is 0 Å². The Balaban J connectivity index is 1.77. The van der Waals surface area contributed by atoms with Crippen LogP contribution >= 0.6 is 0 Å². The molecule has 1 N–H and O–H groups in total. The molecule has 0 spiro atoms. The minimum absolute atomic E-state index is 0.118. The summed E-state index contributed by atoms with van der Waals surface area (Å²) in [5.74, 6) is 0.934. The molecule has 0 saturated carbocycles. The molecule has 0 radical (unpaired) electrons. The van der Waals surface area contributed by atoms with Crippen molar-refractivity contribution in [1.82, 2.24) is 9.88 Å². The number of amides is 1. The highest BCUT2D eigenvalue weighted by Gasteiger charge is 2.39. The van der Waals surface area contributed by atoms with Gasteiger partial charge in [-0.25, -0.2) is 0 Å². The highest BCUT2D eigenvalue weighted by Crippen LogP contribution is 2.45. The van der Waals surface area contributed by atoms with Crippen LogP contribution in [-0.4, -0.2) is 29.4 Å². The van der Waals surface area contributed by atoms with Gasteiger partial charge < -0.3 is 14.6 Å². The summed E-state index contributed by atoms with van der Waals surface area (Å²) in [5.41, 5.74) is 6.21. The van der Waals surface area contributed by atoms with Gasteiger partial charge in [0.15, 0.2) is 0 Å². The van der Waals surface area contributed by atoms with Crippen molar-refractivity contribution in [3.8, 4) is 17.0 Å². The Kier molecular flexibility index (Phi) is 4.99. The summed E-state index contributed by atoms with van der Waals surface area (Å²) in [7, 11) is 1.68. The molecule has 0 unspecified atom stereocenters. The Morgan fingerprint density at radius 1 is 1.00 bits per heavy atom. The number of carbonyl (C=O) groups excluding carboxylic acids is 1. The normalized spacial score (nSPS) is 15.5. The summed E-state index contributed by atoms with van der Waals surface area (Å²) in [6.45, 7) is 2.90. The second-order valence-corrected chi connectivity index (χ2v) is 8.03. The van der Waals surface area contributed by atoms with Crippen molar-refractivity contribution in [1.29, 1.82) is 0 Å². The lowest BCUT2D eigenvalue weighted by Gasteiger charge is -2.26. The van der Waals surface area contributed by atoms with Gasteiger partial charge in [0, 0.05) is 34.1 Å². The maximum Gasteiger partial charge on any atom is 0.255 e. The van der Waals surface area contributed by atoms with E-state index in [1.54, 1.807) is 7.11 Å². The number of H-pyrrole nitrogens is 1. The van der Waals surface area contributed by atoms with E-state index in [4.69, 9.17) is 4.74 Å². The van der Waals surface area contributed by atoms with E-state index in [0.717, 1.165) is 64.0 Å². The molecule has 1 aliphatic heterocycles. The first-order chi connectivity index (χ1) is 15.2. The van der Waals surface area contributed by atoms with Crippen LogP contribution in [0, 0.1) is 0 Å². The fourth-order valence-corrected chi connectivity index (χ4v) is 4.69. The quantitative estimate of drug-likeness (QED) is 0.412. The number of hydrogen-bond acceptors (Lipinski definition) is 2. The maximum absolute atomic E-state index is 13.4. The molecule has 4 heteroatoms. The monoisotopic (exact) mass is 410 g/mol. The summed E-state index contributed by atoms with van der Waals surface area (Å²) < 4.78 is 5.48. The molecule has 0 fully saturated rings. The van der Waals surface area contributed by atoms with Crippen LogP contribution in [0.3, 0.4) is 0 Å². The van der Waals surface area contributed by atoms with Crippen LogP contribution in [-0.2, 0) is 0 Å². The standard InChI is InChI=1S/C27H26N2O2/c1-3-4-16-29-26(20-12-5-6-13-21(20)27(29)30)24-22-14-7-8-15-23(22)28-25(24)18-10-9-11-19(17-18)31-2/h5-15,17,26,28H,3-4,16H2,1-2H3/t26-/m1/s1. The number of hydrogen-bond donors (Lipinski definition) is 1. The van der Waals surface area contributed by atoms with E-state index in [-0.39, 0.29) is 11.9 Å². The molecule has 4 aromatic rings. The Bertz CT molecular complexity index is 1260. The lowest BCUT2D eigenvalue weighted by Crippen LogP contribution is -2.30. The lowest BCUT2D eigenvalue weighted by atomic mass is 9.93. The Morgan fingerprint density at radius 2 is 1.81 bits per heavy atom. The number of ether oxygens (including phenoxy) is 1. The average molecular weight is 411 g/mol. The van der Waals surface area contributed by atoms with Gasteiger partial charge in [-0.15, -0.1) is 0 Å². The number of methoxy groups -OCH3 is 1. The van der Waals surface area contributed by atoms with Gasteiger partial charge in [0.25, 0.3) is 5.91 Å². The third-order valence-corrected chi connectivity index (χ3v) is 6.19. The molecule has 0 bridgehead atoms. The first kappa shape index (κ1) is 19.4. The average Bonchev–Trinajstić information content (AvgIpc) is 3.33. The smallest absolute Gasteiger partial charge is 0.255 e. The molecule has 4 nitrogen and oxygen atoms in total. The van der Waals surface area contributed by atoms with Crippen LogP contribution in [0.25, 0.3) is 22.2 Å². The number of aromatic amines is 1. The van der Waals surface area contributed by atoms with Crippen LogP contribution in [0.5, 0.6) is 5.75 Å². The highest BCUT2D eigenvalue weighted by atomic mass is 16.5. The third-order valence-electron chi connectivity index (χ3n) is 6.19. The maximum atomic E-state index is 13.4. The van der Waals surface area contributed by atoms with Crippen molar-refractivity contribution in [2.75, 3.05) is 13.7 Å². The van der Waals surface area contributed by atoms with E-state index in [0.29, 0.717) is 0 Å². The van der Waals surface area contributed by atoms with Crippen LogP contribution in [0.4, 0.5) is 0 Å². The van der Waals surface area contributed by atoms with E-state index in [1.807, 2.05) is 47.4 Å². The number of para-hydroxylation sites is 1. The van der Waals surface area contributed by atoms with Crippen molar-refractivity contribution in [3.05, 3.63) is 89.5 Å². The first-order valence-electron chi connectivity index (χ1n) is 10.9. The number of benzene rings is 3. The molecule has 31 heavy (non-hydrogen) atoms. The van der Waals surface area contributed by atoms with Gasteiger partial charge in [0.2, 0.25) is 0 Å². The van der Waals surface area contributed by atoms with Crippen molar-refractivity contribution in [3.63, 3.8) is 0 Å². The van der Waals surface area contributed by atoms with Crippen molar-refractivity contribution in [2.24, 2.45) is 0 Å². The second kappa shape index (κ2) is 7.95. The summed E-state index contributed by atoms with van der Waals surface area (Å²) in [5, 5.41) is 1.15. The van der Waals surface area contributed by atoms with E-state index < -0.39 is 0 Å². The summed E-state index contributed by atoms with van der Waals surface area (Å²) >= 11 is 0. The molecule has 0 aliphatic carbocycles.